The molecule has 1 aromatic heterocycles. The van der Waals surface area contributed by atoms with Crippen LogP contribution in [-0.4, -0.2) is 40.2 Å². The van der Waals surface area contributed by atoms with E-state index in [1.807, 2.05) is 0 Å². The molecule has 0 saturated carbocycles. The molecule has 0 aliphatic rings. The first-order valence-corrected chi connectivity index (χ1v) is 11.5. The van der Waals surface area contributed by atoms with Crippen molar-refractivity contribution in [2.24, 2.45) is 0 Å². The Labute approximate surface area is 202 Å². The number of amides is 1. The van der Waals surface area contributed by atoms with E-state index >= 15 is 0 Å². The first kappa shape index (κ1) is 25.4. The predicted molar refractivity (Wildman–Crippen MR) is 128 cm³/mol. The number of hydrogen-bond donors (Lipinski definition) is 0. The highest BCUT2D eigenvalue weighted by Crippen LogP contribution is 2.20. The first-order chi connectivity index (χ1) is 16.3. The second kappa shape index (κ2) is 11.7. The highest BCUT2D eigenvalue weighted by atomic mass is 35.5. The third kappa shape index (κ3) is 5.99. The predicted octanol–water partition coefficient (Wildman–Crippen LogP) is 4.58. The number of rotatable bonds is 10. The Morgan fingerprint density at radius 2 is 1.82 bits per heavy atom. The molecule has 0 unspecified atom stereocenters. The fourth-order valence-electron chi connectivity index (χ4n) is 3.54. The molecule has 0 atom stereocenters. The molecular formula is C25H27ClFN3O4. The van der Waals surface area contributed by atoms with Crippen LogP contribution in [0.4, 0.5) is 4.39 Å². The minimum Gasteiger partial charge on any atom is -0.451 e. The molecule has 0 radical (unpaired) electrons. The second-order valence-corrected chi connectivity index (χ2v) is 8.42. The van der Waals surface area contributed by atoms with Gasteiger partial charge in [-0.1, -0.05) is 62.1 Å². The van der Waals surface area contributed by atoms with Crippen LogP contribution in [0.3, 0.4) is 0 Å². The molecule has 0 saturated heterocycles. The monoisotopic (exact) mass is 487 g/mol. The van der Waals surface area contributed by atoms with Gasteiger partial charge >= 0.3 is 5.97 Å². The summed E-state index contributed by atoms with van der Waals surface area (Å²) in [6.07, 6.45) is 3.81. The fraction of sp³-hybridized carbons (Fsp3) is 0.360. The lowest BCUT2D eigenvalue weighted by atomic mass is 10.1. The smallest absolute Gasteiger partial charge is 0.359 e. The van der Waals surface area contributed by atoms with Crippen LogP contribution in [0.1, 0.15) is 48.7 Å². The highest BCUT2D eigenvalue weighted by Gasteiger charge is 2.21. The molecule has 9 heteroatoms. The number of unbranched alkanes of at least 4 members (excludes halogenated alkanes) is 3. The summed E-state index contributed by atoms with van der Waals surface area (Å²) in [6.45, 7) is 1.84. The van der Waals surface area contributed by atoms with E-state index in [0.29, 0.717) is 17.3 Å². The number of hydrogen-bond acceptors (Lipinski definition) is 5. The van der Waals surface area contributed by atoms with Crippen LogP contribution in [0.5, 0.6) is 0 Å². The third-order valence-electron chi connectivity index (χ3n) is 5.49. The molecule has 0 spiro atoms. The lowest BCUT2D eigenvalue weighted by molar-refractivity contribution is -0.133. The third-order valence-corrected chi connectivity index (χ3v) is 5.85. The number of carbonyl (C=O) groups is 2. The summed E-state index contributed by atoms with van der Waals surface area (Å²) in [4.78, 5) is 39.4. The van der Waals surface area contributed by atoms with Crippen molar-refractivity contribution < 1.29 is 18.7 Å². The minimum absolute atomic E-state index is 0.0294. The van der Waals surface area contributed by atoms with E-state index in [-0.39, 0.29) is 28.4 Å². The van der Waals surface area contributed by atoms with E-state index < -0.39 is 24.3 Å². The Kier molecular flexibility index (Phi) is 8.76. The van der Waals surface area contributed by atoms with Gasteiger partial charge in [0, 0.05) is 36.1 Å². The van der Waals surface area contributed by atoms with E-state index in [2.05, 4.69) is 12.0 Å². The molecule has 3 rings (SSSR count). The molecule has 0 aliphatic heterocycles. The maximum absolute atomic E-state index is 14.0. The number of halogens is 2. The molecule has 0 aliphatic carbocycles. The zero-order valence-electron chi connectivity index (χ0n) is 19.2. The largest absolute Gasteiger partial charge is 0.451 e. The van der Waals surface area contributed by atoms with Crippen molar-refractivity contribution in [1.29, 1.82) is 0 Å². The molecular weight excluding hydrogens is 461 g/mol. The van der Waals surface area contributed by atoms with Gasteiger partial charge in [0.1, 0.15) is 5.82 Å². The molecule has 1 amide bonds. The van der Waals surface area contributed by atoms with Gasteiger partial charge in [-0.3, -0.25) is 9.59 Å². The average molecular weight is 488 g/mol. The second-order valence-electron chi connectivity index (χ2n) is 8.01. The van der Waals surface area contributed by atoms with Crippen LogP contribution in [0.25, 0.3) is 10.8 Å². The summed E-state index contributed by atoms with van der Waals surface area (Å²) in [5.74, 6) is -1.88. The van der Waals surface area contributed by atoms with Crippen LogP contribution in [0.15, 0.2) is 47.3 Å². The van der Waals surface area contributed by atoms with E-state index in [9.17, 15) is 18.8 Å². The van der Waals surface area contributed by atoms with Crippen molar-refractivity contribution in [2.75, 3.05) is 13.7 Å². The van der Waals surface area contributed by atoms with E-state index in [1.165, 1.54) is 34.8 Å². The number of aryl methyl sites for hydroxylation is 1. The van der Waals surface area contributed by atoms with Crippen LogP contribution < -0.4 is 5.56 Å². The standard InChI is InChI=1S/C25H27ClFN3O4/c1-3-4-5-8-14-30-24(32)18-11-7-6-10-17(18)23(28-30)25(33)34-16-22(31)29(2)15-19-20(26)12-9-13-21(19)27/h6-7,9-13H,3-5,8,14-16H2,1-2H3. The molecule has 7 nitrogen and oxygen atoms in total. The SMILES string of the molecule is CCCCCCn1nc(C(=O)OCC(=O)N(C)Cc2c(F)cccc2Cl)c2ccccc2c1=O. The Hall–Kier alpha value is -3.26. The van der Waals surface area contributed by atoms with Crippen LogP contribution in [0.2, 0.25) is 5.02 Å². The van der Waals surface area contributed by atoms with Crippen LogP contribution >= 0.6 is 11.6 Å². The van der Waals surface area contributed by atoms with E-state index in [0.717, 1.165) is 25.7 Å². The number of likely N-dealkylation sites (N-methyl/N-ethyl adjacent to an activating group) is 1. The number of fused-ring (bicyclic) bond motifs is 1. The molecule has 0 fully saturated rings. The first-order valence-electron chi connectivity index (χ1n) is 11.2. The van der Waals surface area contributed by atoms with Crippen molar-refractivity contribution >= 4 is 34.2 Å². The summed E-state index contributed by atoms with van der Waals surface area (Å²) < 4.78 is 20.5. The normalized spacial score (nSPS) is 10.9. The van der Waals surface area contributed by atoms with Gasteiger partial charge in [0.25, 0.3) is 11.5 Å². The van der Waals surface area contributed by atoms with Crippen LogP contribution in [-0.2, 0) is 22.6 Å². The summed E-state index contributed by atoms with van der Waals surface area (Å²) in [5, 5.41) is 5.17. The fourth-order valence-corrected chi connectivity index (χ4v) is 3.76. The van der Waals surface area contributed by atoms with Crippen molar-refractivity contribution in [3.8, 4) is 0 Å². The van der Waals surface area contributed by atoms with E-state index in [1.54, 1.807) is 24.3 Å². The molecule has 180 valence electrons. The zero-order valence-corrected chi connectivity index (χ0v) is 20.0. The highest BCUT2D eigenvalue weighted by molar-refractivity contribution is 6.31. The van der Waals surface area contributed by atoms with Gasteiger partial charge < -0.3 is 9.64 Å². The summed E-state index contributed by atoms with van der Waals surface area (Å²) in [6, 6.07) is 10.9. The molecule has 2 aromatic carbocycles. The minimum atomic E-state index is -0.816. The van der Waals surface area contributed by atoms with Crippen molar-refractivity contribution in [1.82, 2.24) is 14.7 Å². The number of aromatic nitrogens is 2. The maximum Gasteiger partial charge on any atom is 0.359 e. The molecule has 34 heavy (non-hydrogen) atoms. The van der Waals surface area contributed by atoms with Gasteiger partial charge in [-0.15, -0.1) is 0 Å². The van der Waals surface area contributed by atoms with Crippen molar-refractivity contribution in [2.45, 2.75) is 45.7 Å². The van der Waals surface area contributed by atoms with Gasteiger partial charge in [0.05, 0.1) is 5.39 Å². The van der Waals surface area contributed by atoms with Gasteiger partial charge in [0.2, 0.25) is 0 Å². The lowest BCUT2D eigenvalue weighted by Gasteiger charge is -2.18. The Balaban J connectivity index is 1.74. The maximum atomic E-state index is 14.0. The molecule has 3 aromatic rings. The van der Waals surface area contributed by atoms with Gasteiger partial charge in [-0.25, -0.2) is 13.9 Å². The van der Waals surface area contributed by atoms with E-state index in [4.69, 9.17) is 16.3 Å². The number of nitrogens with zero attached hydrogens (tertiary/aromatic N) is 3. The van der Waals surface area contributed by atoms with Crippen molar-refractivity contribution in [3.05, 3.63) is 74.9 Å². The number of ether oxygens (including phenoxy) is 1. The van der Waals surface area contributed by atoms with Gasteiger partial charge in [0.15, 0.2) is 12.3 Å². The number of benzene rings is 2. The van der Waals surface area contributed by atoms with Gasteiger partial charge in [-0.2, -0.15) is 5.10 Å². The molecule has 0 N–H and O–H groups in total. The summed E-state index contributed by atoms with van der Waals surface area (Å²) in [5.41, 5.74) is -0.131. The van der Waals surface area contributed by atoms with Crippen molar-refractivity contribution in [3.63, 3.8) is 0 Å². The zero-order chi connectivity index (χ0) is 24.7. The average Bonchev–Trinajstić information content (AvgIpc) is 2.83. The number of esters is 1. The quantitative estimate of drug-likeness (QED) is 0.309. The molecule has 1 heterocycles. The Morgan fingerprint density at radius 3 is 2.53 bits per heavy atom. The Morgan fingerprint density at radius 1 is 1.09 bits per heavy atom. The molecule has 0 bridgehead atoms. The lowest BCUT2D eigenvalue weighted by Crippen LogP contribution is -2.32. The number of carbonyl (C=O) groups excluding carboxylic acids is 2. The topological polar surface area (TPSA) is 81.5 Å². The Bertz CT molecular complexity index is 1220. The summed E-state index contributed by atoms with van der Waals surface area (Å²) in [7, 11) is 1.46. The summed E-state index contributed by atoms with van der Waals surface area (Å²) >= 11 is 6.02. The van der Waals surface area contributed by atoms with Gasteiger partial charge in [-0.05, 0) is 24.6 Å². The van der Waals surface area contributed by atoms with Crippen LogP contribution in [0, 0.1) is 5.82 Å².